The van der Waals surface area contributed by atoms with Gasteiger partial charge in [0.1, 0.15) is 0 Å². The van der Waals surface area contributed by atoms with Crippen molar-refractivity contribution in [3.8, 4) is 0 Å². The van der Waals surface area contributed by atoms with Gasteiger partial charge in [0.05, 0.1) is 0 Å². The van der Waals surface area contributed by atoms with Crippen molar-refractivity contribution in [3.63, 3.8) is 0 Å². The van der Waals surface area contributed by atoms with Crippen molar-refractivity contribution in [2.75, 3.05) is 13.2 Å². The van der Waals surface area contributed by atoms with Crippen molar-refractivity contribution in [3.05, 3.63) is 34.3 Å². The summed E-state index contributed by atoms with van der Waals surface area (Å²) in [5, 5.41) is 12.4. The lowest BCUT2D eigenvalue weighted by Gasteiger charge is -2.11. The highest BCUT2D eigenvalue weighted by Crippen LogP contribution is 2.17. The molecule has 0 spiro atoms. The molecule has 1 aromatic carbocycles. The molecular formula is C15H22ClNO2. The third-order valence-electron chi connectivity index (χ3n) is 3.15. The topological polar surface area (TPSA) is 49.3 Å². The van der Waals surface area contributed by atoms with Crippen LogP contribution in [0.1, 0.15) is 30.9 Å². The van der Waals surface area contributed by atoms with Crippen LogP contribution in [0.25, 0.3) is 0 Å². The SMILES string of the molecule is Cc1ccc(CCC(=O)NCC(C)CCO)cc1Cl. The van der Waals surface area contributed by atoms with Crippen molar-refractivity contribution < 1.29 is 9.90 Å². The zero-order valence-electron chi connectivity index (χ0n) is 11.6. The predicted octanol–water partition coefficient (Wildman–Crippen LogP) is 2.72. The van der Waals surface area contributed by atoms with Gasteiger partial charge in [0.2, 0.25) is 5.91 Å². The summed E-state index contributed by atoms with van der Waals surface area (Å²) < 4.78 is 0. The lowest BCUT2D eigenvalue weighted by atomic mass is 10.1. The molecule has 4 heteroatoms. The van der Waals surface area contributed by atoms with E-state index in [1.807, 2.05) is 32.0 Å². The van der Waals surface area contributed by atoms with Gasteiger partial charge in [-0.3, -0.25) is 4.79 Å². The van der Waals surface area contributed by atoms with E-state index in [1.165, 1.54) is 0 Å². The summed E-state index contributed by atoms with van der Waals surface area (Å²) in [6, 6.07) is 5.89. The van der Waals surface area contributed by atoms with Gasteiger partial charge in [-0.05, 0) is 42.9 Å². The Hall–Kier alpha value is -1.06. The Labute approximate surface area is 120 Å². The number of benzene rings is 1. The second-order valence-electron chi connectivity index (χ2n) is 5.01. The zero-order chi connectivity index (χ0) is 14.3. The lowest BCUT2D eigenvalue weighted by molar-refractivity contribution is -0.121. The number of nitrogens with one attached hydrogen (secondary N) is 1. The van der Waals surface area contributed by atoms with Gasteiger partial charge >= 0.3 is 0 Å². The van der Waals surface area contributed by atoms with Gasteiger partial charge < -0.3 is 10.4 Å². The van der Waals surface area contributed by atoms with Crippen molar-refractivity contribution in [1.29, 1.82) is 0 Å². The van der Waals surface area contributed by atoms with Gasteiger partial charge in [0.25, 0.3) is 0 Å². The highest BCUT2D eigenvalue weighted by Gasteiger charge is 2.06. The summed E-state index contributed by atoms with van der Waals surface area (Å²) in [7, 11) is 0. The Morgan fingerprint density at radius 1 is 1.47 bits per heavy atom. The number of aliphatic hydroxyl groups is 1. The molecule has 0 aliphatic carbocycles. The van der Waals surface area contributed by atoms with Crippen molar-refractivity contribution >= 4 is 17.5 Å². The number of hydrogen-bond donors (Lipinski definition) is 2. The van der Waals surface area contributed by atoms with E-state index in [4.69, 9.17) is 16.7 Å². The molecule has 19 heavy (non-hydrogen) atoms. The monoisotopic (exact) mass is 283 g/mol. The second-order valence-corrected chi connectivity index (χ2v) is 5.41. The van der Waals surface area contributed by atoms with E-state index in [1.54, 1.807) is 0 Å². The van der Waals surface area contributed by atoms with Gasteiger partial charge in [-0.15, -0.1) is 0 Å². The highest BCUT2D eigenvalue weighted by atomic mass is 35.5. The first-order chi connectivity index (χ1) is 9.02. The molecule has 0 radical (unpaired) electrons. The summed E-state index contributed by atoms with van der Waals surface area (Å²) in [5.41, 5.74) is 2.13. The Kier molecular flexibility index (Phi) is 6.89. The van der Waals surface area contributed by atoms with E-state index in [0.717, 1.165) is 16.1 Å². The molecule has 0 saturated carbocycles. The molecule has 0 fully saturated rings. The molecule has 1 atom stereocenters. The molecule has 0 bridgehead atoms. The van der Waals surface area contributed by atoms with Gasteiger partial charge in [-0.1, -0.05) is 30.7 Å². The molecule has 0 aliphatic rings. The molecular weight excluding hydrogens is 262 g/mol. The second kappa shape index (κ2) is 8.18. The maximum absolute atomic E-state index is 11.7. The quantitative estimate of drug-likeness (QED) is 0.808. The summed E-state index contributed by atoms with van der Waals surface area (Å²) in [4.78, 5) is 11.7. The number of carbonyl (C=O) groups is 1. The van der Waals surface area contributed by atoms with Gasteiger partial charge in [-0.25, -0.2) is 0 Å². The van der Waals surface area contributed by atoms with E-state index in [-0.39, 0.29) is 12.5 Å². The molecule has 0 heterocycles. The minimum absolute atomic E-state index is 0.0430. The Morgan fingerprint density at radius 2 is 2.21 bits per heavy atom. The molecule has 106 valence electrons. The minimum atomic E-state index is 0.0430. The predicted molar refractivity (Wildman–Crippen MR) is 78.4 cm³/mol. The Bertz CT molecular complexity index is 421. The molecule has 1 rings (SSSR count). The Balaban J connectivity index is 2.31. The molecule has 2 N–H and O–H groups in total. The van der Waals surface area contributed by atoms with Crippen molar-refractivity contribution in [1.82, 2.24) is 5.32 Å². The van der Waals surface area contributed by atoms with Crippen LogP contribution in [0.2, 0.25) is 5.02 Å². The van der Waals surface area contributed by atoms with Crippen LogP contribution >= 0.6 is 11.6 Å². The van der Waals surface area contributed by atoms with E-state index in [9.17, 15) is 4.79 Å². The van der Waals surface area contributed by atoms with Crippen LogP contribution in [-0.2, 0) is 11.2 Å². The average molecular weight is 284 g/mol. The van der Waals surface area contributed by atoms with Crippen LogP contribution < -0.4 is 5.32 Å². The molecule has 1 aromatic rings. The van der Waals surface area contributed by atoms with Crippen LogP contribution in [0, 0.1) is 12.8 Å². The maximum atomic E-state index is 11.7. The normalized spacial score (nSPS) is 12.2. The molecule has 0 saturated heterocycles. The minimum Gasteiger partial charge on any atom is -0.396 e. The van der Waals surface area contributed by atoms with E-state index in [2.05, 4.69) is 5.32 Å². The van der Waals surface area contributed by atoms with Gasteiger partial charge in [0, 0.05) is 24.6 Å². The summed E-state index contributed by atoms with van der Waals surface area (Å²) >= 11 is 6.04. The summed E-state index contributed by atoms with van der Waals surface area (Å²) in [6.07, 6.45) is 1.87. The molecule has 1 amide bonds. The number of carbonyl (C=O) groups excluding carboxylic acids is 1. The van der Waals surface area contributed by atoms with Crippen molar-refractivity contribution in [2.24, 2.45) is 5.92 Å². The Morgan fingerprint density at radius 3 is 2.84 bits per heavy atom. The first-order valence-corrected chi connectivity index (χ1v) is 7.03. The molecule has 1 unspecified atom stereocenters. The van der Waals surface area contributed by atoms with Crippen LogP contribution in [0.4, 0.5) is 0 Å². The first kappa shape index (κ1) is 16.0. The maximum Gasteiger partial charge on any atom is 0.220 e. The fourth-order valence-electron chi connectivity index (χ4n) is 1.75. The average Bonchev–Trinajstić information content (AvgIpc) is 2.38. The number of aliphatic hydroxyl groups excluding tert-OH is 1. The van der Waals surface area contributed by atoms with Crippen LogP contribution in [0.3, 0.4) is 0 Å². The largest absolute Gasteiger partial charge is 0.396 e. The standard InChI is InChI=1S/C15H22ClNO2/c1-11(7-8-18)10-17-15(19)6-5-13-4-3-12(2)14(16)9-13/h3-4,9,11,18H,5-8,10H2,1-2H3,(H,17,19). The smallest absolute Gasteiger partial charge is 0.220 e. The number of hydrogen-bond acceptors (Lipinski definition) is 2. The van der Waals surface area contributed by atoms with E-state index >= 15 is 0 Å². The summed E-state index contributed by atoms with van der Waals surface area (Å²) in [6.45, 7) is 4.75. The van der Waals surface area contributed by atoms with Crippen molar-refractivity contribution in [2.45, 2.75) is 33.1 Å². The van der Waals surface area contributed by atoms with Crippen LogP contribution in [-0.4, -0.2) is 24.2 Å². The fraction of sp³-hybridized carbons (Fsp3) is 0.533. The lowest BCUT2D eigenvalue weighted by Crippen LogP contribution is -2.28. The number of halogens is 1. The molecule has 3 nitrogen and oxygen atoms in total. The van der Waals surface area contributed by atoms with E-state index in [0.29, 0.717) is 31.7 Å². The fourth-order valence-corrected chi connectivity index (χ4v) is 1.95. The molecule has 0 aliphatic heterocycles. The number of aryl methyl sites for hydroxylation is 2. The highest BCUT2D eigenvalue weighted by molar-refractivity contribution is 6.31. The first-order valence-electron chi connectivity index (χ1n) is 6.65. The third kappa shape index (κ3) is 6.08. The van der Waals surface area contributed by atoms with Crippen LogP contribution in [0.15, 0.2) is 18.2 Å². The summed E-state index contributed by atoms with van der Waals surface area (Å²) in [5.74, 6) is 0.351. The van der Waals surface area contributed by atoms with E-state index < -0.39 is 0 Å². The van der Waals surface area contributed by atoms with Gasteiger partial charge in [0.15, 0.2) is 0 Å². The van der Waals surface area contributed by atoms with Gasteiger partial charge in [-0.2, -0.15) is 0 Å². The number of rotatable bonds is 7. The zero-order valence-corrected chi connectivity index (χ0v) is 12.3. The van der Waals surface area contributed by atoms with Crippen LogP contribution in [0.5, 0.6) is 0 Å². The number of amides is 1. The molecule has 0 aromatic heterocycles. The third-order valence-corrected chi connectivity index (χ3v) is 3.55.